The predicted octanol–water partition coefficient (Wildman–Crippen LogP) is 5.85. The molecule has 7 heteroatoms. The van der Waals surface area contributed by atoms with Gasteiger partial charge in [0.05, 0.1) is 0 Å². The highest BCUT2D eigenvalue weighted by Crippen LogP contribution is 2.27. The lowest BCUT2D eigenvalue weighted by atomic mass is 9.97. The molecule has 2 N–H and O–H groups in total. The van der Waals surface area contributed by atoms with Gasteiger partial charge in [-0.25, -0.2) is 4.79 Å². The Balaban J connectivity index is 3.43. The average Bonchev–Trinajstić information content (AvgIpc) is 2.77. The van der Waals surface area contributed by atoms with Crippen molar-refractivity contribution in [3.8, 4) is 0 Å². The second kappa shape index (κ2) is 14.7. The molecule has 3 amide bonds. The number of hydrogen-bond acceptors (Lipinski definition) is 4. The lowest BCUT2D eigenvalue weighted by Crippen LogP contribution is -2.55. The van der Waals surface area contributed by atoms with Crippen LogP contribution in [0.1, 0.15) is 98.2 Å². The van der Waals surface area contributed by atoms with Gasteiger partial charge in [0.1, 0.15) is 17.7 Å². The Morgan fingerprint density at radius 3 is 2.31 bits per heavy atom. The van der Waals surface area contributed by atoms with Crippen LogP contribution < -0.4 is 10.6 Å². The fraction of sp³-hybridized carbons (Fsp3) is 0.621. The van der Waals surface area contributed by atoms with Gasteiger partial charge < -0.3 is 20.3 Å². The minimum Gasteiger partial charge on any atom is -0.444 e. The lowest BCUT2D eigenvalue weighted by Gasteiger charge is -2.37. The summed E-state index contributed by atoms with van der Waals surface area (Å²) in [4.78, 5) is 41.8. The molecule has 202 valence electrons. The van der Waals surface area contributed by atoms with Crippen LogP contribution in [0.5, 0.6) is 0 Å². The van der Waals surface area contributed by atoms with E-state index in [9.17, 15) is 14.4 Å². The minimum atomic E-state index is -0.853. The zero-order chi connectivity index (χ0) is 27.5. The van der Waals surface area contributed by atoms with E-state index in [4.69, 9.17) is 4.74 Å². The quantitative estimate of drug-likeness (QED) is 0.332. The number of carbonyl (C=O) groups excluding carboxylic acids is 3. The van der Waals surface area contributed by atoms with Crippen molar-refractivity contribution in [3.63, 3.8) is 0 Å². The number of rotatable bonds is 13. The second-order valence-corrected chi connectivity index (χ2v) is 10.9. The molecule has 0 fully saturated rings. The third-order valence-electron chi connectivity index (χ3n) is 5.58. The van der Waals surface area contributed by atoms with E-state index in [-0.39, 0.29) is 23.8 Å². The van der Waals surface area contributed by atoms with Gasteiger partial charge in [0.2, 0.25) is 11.8 Å². The van der Waals surface area contributed by atoms with Crippen LogP contribution in [0.15, 0.2) is 30.8 Å². The molecule has 0 radical (unpaired) electrons. The van der Waals surface area contributed by atoms with Crippen molar-refractivity contribution < 1.29 is 19.1 Å². The third kappa shape index (κ3) is 10.4. The Hall–Kier alpha value is -2.83. The van der Waals surface area contributed by atoms with Crippen molar-refractivity contribution in [1.82, 2.24) is 15.5 Å². The smallest absolute Gasteiger partial charge is 0.408 e. The number of nitrogens with zero attached hydrogens (tertiary/aromatic N) is 1. The molecule has 0 saturated carbocycles. The van der Waals surface area contributed by atoms with Gasteiger partial charge >= 0.3 is 6.09 Å². The second-order valence-electron chi connectivity index (χ2n) is 10.9. The van der Waals surface area contributed by atoms with Crippen molar-refractivity contribution >= 4 is 24.0 Å². The van der Waals surface area contributed by atoms with Gasteiger partial charge in [-0.1, -0.05) is 64.5 Å². The summed E-state index contributed by atoms with van der Waals surface area (Å²) < 4.78 is 5.43. The van der Waals surface area contributed by atoms with Gasteiger partial charge in [0.15, 0.2) is 0 Å². The summed E-state index contributed by atoms with van der Waals surface area (Å²) in [5.74, 6) is -0.425. The van der Waals surface area contributed by atoms with Crippen LogP contribution >= 0.6 is 0 Å². The third-order valence-corrected chi connectivity index (χ3v) is 5.58. The van der Waals surface area contributed by atoms with Crippen LogP contribution in [-0.4, -0.2) is 47.0 Å². The first-order chi connectivity index (χ1) is 16.8. The monoisotopic (exact) mass is 501 g/mol. The zero-order valence-electron chi connectivity index (χ0n) is 23.5. The highest BCUT2D eigenvalue weighted by Gasteiger charge is 2.38. The number of hydrogen-bond donors (Lipinski definition) is 2. The molecule has 2 atom stereocenters. The van der Waals surface area contributed by atoms with E-state index in [1.54, 1.807) is 31.7 Å². The summed E-state index contributed by atoms with van der Waals surface area (Å²) in [5.41, 5.74) is 0.861. The molecule has 0 bridgehead atoms. The standard InChI is InChI=1S/C29H47N3O4/c1-10-12-13-17-30-26(33)25(23-16-14-15-22(11-2)19-23)32(21(5)6)27(34)24(18-20(3)4)31-28(35)36-29(7,8)9/h11,14-16,19-21,24-25H,2,10,12-13,17-18H2,1,3-9H3,(H,30,33)(H,31,35). The first kappa shape index (κ1) is 31.2. The van der Waals surface area contributed by atoms with E-state index in [0.29, 0.717) is 18.5 Å². The largest absolute Gasteiger partial charge is 0.444 e. The van der Waals surface area contributed by atoms with Gasteiger partial charge in [0, 0.05) is 12.6 Å². The number of unbranched alkanes of at least 4 members (excludes halogenated alkanes) is 2. The molecule has 2 unspecified atom stereocenters. The summed E-state index contributed by atoms with van der Waals surface area (Å²) in [6.07, 6.45) is 4.41. The number of benzene rings is 1. The first-order valence-corrected chi connectivity index (χ1v) is 13.1. The molecule has 0 heterocycles. The maximum Gasteiger partial charge on any atom is 0.408 e. The van der Waals surface area contributed by atoms with Crippen molar-refractivity contribution in [3.05, 3.63) is 42.0 Å². The van der Waals surface area contributed by atoms with Crippen molar-refractivity contribution in [2.75, 3.05) is 6.54 Å². The summed E-state index contributed by atoms with van der Waals surface area (Å²) in [7, 11) is 0. The van der Waals surface area contributed by atoms with Gasteiger partial charge in [-0.2, -0.15) is 0 Å². The summed E-state index contributed by atoms with van der Waals surface area (Å²) in [6.45, 7) is 19.6. The van der Waals surface area contributed by atoms with Gasteiger partial charge in [0.25, 0.3) is 0 Å². The van der Waals surface area contributed by atoms with E-state index >= 15 is 0 Å². The molecule has 0 aromatic heterocycles. The minimum absolute atomic E-state index is 0.133. The molecule has 36 heavy (non-hydrogen) atoms. The molecule has 1 aromatic carbocycles. The van der Waals surface area contributed by atoms with Gasteiger partial charge in [-0.15, -0.1) is 0 Å². The van der Waals surface area contributed by atoms with Crippen molar-refractivity contribution in [2.45, 2.75) is 105 Å². The summed E-state index contributed by atoms with van der Waals surface area (Å²) in [5, 5.41) is 5.79. The highest BCUT2D eigenvalue weighted by atomic mass is 16.6. The van der Waals surface area contributed by atoms with E-state index in [1.807, 2.05) is 52.0 Å². The molecule has 7 nitrogen and oxygen atoms in total. The maximum atomic E-state index is 14.0. The first-order valence-electron chi connectivity index (χ1n) is 13.1. The highest BCUT2D eigenvalue weighted by molar-refractivity contribution is 5.92. The Kier molecular flexibility index (Phi) is 12.7. The molecule has 0 aliphatic carbocycles. The van der Waals surface area contributed by atoms with Crippen LogP contribution in [0.2, 0.25) is 0 Å². The molecule has 0 aliphatic heterocycles. The Labute approximate surface area is 218 Å². The molecule has 0 saturated heterocycles. The summed E-state index contributed by atoms with van der Waals surface area (Å²) in [6, 6.07) is 5.51. The molecule has 0 aliphatic rings. The Morgan fingerprint density at radius 1 is 1.11 bits per heavy atom. The molecule has 0 spiro atoms. The Morgan fingerprint density at radius 2 is 1.78 bits per heavy atom. The number of alkyl carbamates (subject to hydrolysis) is 1. The number of carbonyl (C=O) groups is 3. The van der Waals surface area contributed by atoms with E-state index < -0.39 is 23.8 Å². The van der Waals surface area contributed by atoms with Gasteiger partial charge in [-0.3, -0.25) is 9.59 Å². The number of ether oxygens (including phenoxy) is 1. The van der Waals surface area contributed by atoms with Crippen molar-refractivity contribution in [2.24, 2.45) is 5.92 Å². The zero-order valence-corrected chi connectivity index (χ0v) is 23.5. The fourth-order valence-corrected chi connectivity index (χ4v) is 3.98. The normalized spacial score (nSPS) is 13.2. The van der Waals surface area contributed by atoms with E-state index in [2.05, 4.69) is 24.1 Å². The Bertz CT molecular complexity index is 874. The predicted molar refractivity (Wildman–Crippen MR) is 146 cm³/mol. The molecule has 1 rings (SSSR count). The molecular formula is C29H47N3O4. The average molecular weight is 502 g/mol. The SMILES string of the molecule is C=Cc1cccc(C(C(=O)NCCCCC)N(C(=O)C(CC(C)C)NC(=O)OC(C)(C)C)C(C)C)c1. The fourth-order valence-electron chi connectivity index (χ4n) is 3.98. The molecular weight excluding hydrogens is 454 g/mol. The van der Waals surface area contributed by atoms with Crippen LogP contribution in [0.25, 0.3) is 6.08 Å². The van der Waals surface area contributed by atoms with Crippen LogP contribution in [0.4, 0.5) is 4.79 Å². The lowest BCUT2D eigenvalue weighted by molar-refractivity contribution is -0.144. The topological polar surface area (TPSA) is 87.7 Å². The van der Waals surface area contributed by atoms with E-state index in [1.165, 1.54) is 0 Å². The molecule has 1 aromatic rings. The van der Waals surface area contributed by atoms with Crippen LogP contribution in [0, 0.1) is 5.92 Å². The maximum absolute atomic E-state index is 14.0. The number of nitrogens with one attached hydrogen (secondary N) is 2. The van der Waals surface area contributed by atoms with Gasteiger partial charge in [-0.05, 0) is 70.6 Å². The summed E-state index contributed by atoms with van der Waals surface area (Å²) >= 11 is 0. The van der Waals surface area contributed by atoms with E-state index in [0.717, 1.165) is 24.8 Å². The number of amides is 3. The van der Waals surface area contributed by atoms with Crippen LogP contribution in [-0.2, 0) is 14.3 Å². The van der Waals surface area contributed by atoms with Crippen molar-refractivity contribution in [1.29, 1.82) is 0 Å². The van der Waals surface area contributed by atoms with Crippen LogP contribution in [0.3, 0.4) is 0 Å².